The summed E-state index contributed by atoms with van der Waals surface area (Å²) < 4.78 is 2.07. The zero-order valence-electron chi connectivity index (χ0n) is 11.0. The summed E-state index contributed by atoms with van der Waals surface area (Å²) in [6, 6.07) is 4.38. The van der Waals surface area contributed by atoms with Crippen LogP contribution in [0, 0.1) is 6.92 Å². The highest BCUT2D eigenvalue weighted by atomic mass is 32.1. The van der Waals surface area contributed by atoms with Gasteiger partial charge < -0.3 is 4.57 Å². The second-order valence-electron chi connectivity index (χ2n) is 4.43. The third-order valence-corrected chi connectivity index (χ3v) is 3.83. The lowest BCUT2D eigenvalue weighted by atomic mass is 10.3. The summed E-state index contributed by atoms with van der Waals surface area (Å²) in [4.78, 5) is 9.48. The van der Waals surface area contributed by atoms with Crippen LogP contribution in [0.2, 0.25) is 0 Å². The molecule has 0 radical (unpaired) electrons. The predicted molar refractivity (Wildman–Crippen MR) is 76.6 cm³/mol. The monoisotopic (exact) mass is 261 g/mol. The molecule has 0 N–H and O–H groups in total. The van der Waals surface area contributed by atoms with E-state index in [0.717, 1.165) is 25.5 Å². The van der Waals surface area contributed by atoms with Crippen LogP contribution in [0.1, 0.15) is 15.6 Å². The maximum Gasteiger partial charge on any atom is 0.122 e. The van der Waals surface area contributed by atoms with Crippen molar-refractivity contribution in [3.63, 3.8) is 0 Å². The summed E-state index contributed by atoms with van der Waals surface area (Å²) in [5.74, 6) is 1.09. The minimum absolute atomic E-state index is 0.854. The van der Waals surface area contributed by atoms with Crippen molar-refractivity contribution in [1.82, 2.24) is 14.5 Å². The van der Waals surface area contributed by atoms with Gasteiger partial charge in [-0.1, -0.05) is 6.08 Å². The molecule has 0 spiro atoms. The van der Waals surface area contributed by atoms with E-state index >= 15 is 0 Å². The van der Waals surface area contributed by atoms with Crippen LogP contribution in [0.15, 0.2) is 37.2 Å². The van der Waals surface area contributed by atoms with Crippen molar-refractivity contribution in [2.75, 3.05) is 6.54 Å². The molecule has 2 heterocycles. The topological polar surface area (TPSA) is 21.1 Å². The van der Waals surface area contributed by atoms with Crippen LogP contribution in [-0.2, 0) is 20.1 Å². The molecule has 0 aliphatic rings. The van der Waals surface area contributed by atoms with E-state index in [0.29, 0.717) is 0 Å². The number of aromatic nitrogens is 2. The first kappa shape index (κ1) is 13.1. The van der Waals surface area contributed by atoms with Crippen molar-refractivity contribution >= 4 is 11.3 Å². The number of nitrogens with zero attached hydrogens (tertiary/aromatic N) is 3. The lowest BCUT2D eigenvalue weighted by molar-refractivity contribution is 0.278. The normalized spacial score (nSPS) is 11.1. The van der Waals surface area contributed by atoms with E-state index in [1.54, 1.807) is 0 Å². The van der Waals surface area contributed by atoms with Gasteiger partial charge in [-0.25, -0.2) is 4.98 Å². The number of thiophene rings is 1. The maximum absolute atomic E-state index is 4.38. The highest BCUT2D eigenvalue weighted by Crippen LogP contribution is 2.18. The van der Waals surface area contributed by atoms with Gasteiger partial charge in [0, 0.05) is 42.3 Å². The summed E-state index contributed by atoms with van der Waals surface area (Å²) in [5.41, 5.74) is 0. The van der Waals surface area contributed by atoms with Crippen LogP contribution in [-0.4, -0.2) is 21.0 Å². The van der Waals surface area contributed by atoms with Crippen molar-refractivity contribution < 1.29 is 0 Å². The molecule has 0 atom stereocenters. The molecule has 0 aromatic carbocycles. The van der Waals surface area contributed by atoms with Crippen LogP contribution in [0.3, 0.4) is 0 Å². The summed E-state index contributed by atoms with van der Waals surface area (Å²) >= 11 is 1.86. The molecular formula is C14H19N3S. The van der Waals surface area contributed by atoms with Gasteiger partial charge >= 0.3 is 0 Å². The van der Waals surface area contributed by atoms with Crippen LogP contribution in [0.25, 0.3) is 0 Å². The van der Waals surface area contributed by atoms with Gasteiger partial charge in [0.1, 0.15) is 5.82 Å². The average molecular weight is 261 g/mol. The molecule has 0 aliphatic carbocycles. The van der Waals surface area contributed by atoms with Crippen LogP contribution in [0.5, 0.6) is 0 Å². The molecule has 0 bridgehead atoms. The molecule has 18 heavy (non-hydrogen) atoms. The molecule has 3 nitrogen and oxygen atoms in total. The quantitative estimate of drug-likeness (QED) is 0.745. The number of aryl methyl sites for hydroxylation is 2. The Kier molecular flexibility index (Phi) is 4.33. The average Bonchev–Trinajstić information content (AvgIpc) is 2.90. The first-order chi connectivity index (χ1) is 8.69. The van der Waals surface area contributed by atoms with Crippen molar-refractivity contribution in [2.24, 2.45) is 7.05 Å². The Labute approximate surface area is 112 Å². The Morgan fingerprint density at radius 3 is 2.83 bits per heavy atom. The summed E-state index contributed by atoms with van der Waals surface area (Å²) in [6.45, 7) is 8.67. The van der Waals surface area contributed by atoms with Crippen LogP contribution < -0.4 is 0 Å². The molecule has 4 heteroatoms. The Bertz CT molecular complexity index is 513. The van der Waals surface area contributed by atoms with E-state index in [2.05, 4.69) is 40.1 Å². The van der Waals surface area contributed by atoms with Gasteiger partial charge in [0.2, 0.25) is 0 Å². The Hall–Kier alpha value is -1.39. The molecule has 0 amide bonds. The molecule has 96 valence electrons. The number of hydrogen-bond donors (Lipinski definition) is 0. The lowest BCUT2D eigenvalue weighted by Crippen LogP contribution is -2.24. The van der Waals surface area contributed by atoms with Crippen molar-refractivity contribution in [1.29, 1.82) is 0 Å². The van der Waals surface area contributed by atoms with Gasteiger partial charge in [-0.05, 0) is 19.1 Å². The van der Waals surface area contributed by atoms with E-state index in [1.165, 1.54) is 9.75 Å². The Morgan fingerprint density at radius 1 is 1.44 bits per heavy atom. The minimum Gasteiger partial charge on any atom is -0.337 e. The lowest BCUT2D eigenvalue weighted by Gasteiger charge is -2.19. The summed E-state index contributed by atoms with van der Waals surface area (Å²) in [7, 11) is 2.03. The van der Waals surface area contributed by atoms with Gasteiger partial charge in [-0.15, -0.1) is 17.9 Å². The van der Waals surface area contributed by atoms with E-state index in [4.69, 9.17) is 0 Å². The molecule has 2 aromatic rings. The Balaban J connectivity index is 2.04. The highest BCUT2D eigenvalue weighted by molar-refractivity contribution is 7.11. The summed E-state index contributed by atoms with van der Waals surface area (Å²) in [5, 5.41) is 0. The standard InChI is InChI=1S/C14H19N3S/c1-4-8-17(10-13-6-5-12(2)18-13)11-14-15-7-9-16(14)3/h4-7,9H,1,8,10-11H2,2-3H3. The van der Waals surface area contributed by atoms with Gasteiger partial charge in [0.15, 0.2) is 0 Å². The summed E-state index contributed by atoms with van der Waals surface area (Å²) in [6.07, 6.45) is 5.77. The largest absolute Gasteiger partial charge is 0.337 e. The molecule has 0 saturated carbocycles. The fraction of sp³-hybridized carbons (Fsp3) is 0.357. The predicted octanol–water partition coefficient (Wildman–Crippen LogP) is 2.98. The number of imidazole rings is 1. The van der Waals surface area contributed by atoms with Crippen LogP contribution in [0.4, 0.5) is 0 Å². The molecule has 0 unspecified atom stereocenters. The van der Waals surface area contributed by atoms with Gasteiger partial charge in [0.05, 0.1) is 6.54 Å². The van der Waals surface area contributed by atoms with Crippen molar-refractivity contribution in [3.05, 3.63) is 52.8 Å². The van der Waals surface area contributed by atoms with Crippen molar-refractivity contribution in [3.8, 4) is 0 Å². The fourth-order valence-electron chi connectivity index (χ4n) is 1.91. The first-order valence-corrected chi connectivity index (χ1v) is 6.85. The van der Waals surface area contributed by atoms with E-state index < -0.39 is 0 Å². The Morgan fingerprint density at radius 2 is 2.28 bits per heavy atom. The molecular weight excluding hydrogens is 242 g/mol. The van der Waals surface area contributed by atoms with Gasteiger partial charge in [0.25, 0.3) is 0 Å². The van der Waals surface area contributed by atoms with E-state index in [1.807, 2.05) is 36.9 Å². The maximum atomic E-state index is 4.38. The first-order valence-electron chi connectivity index (χ1n) is 6.04. The molecule has 2 rings (SSSR count). The number of rotatable bonds is 6. The van der Waals surface area contributed by atoms with E-state index in [9.17, 15) is 0 Å². The smallest absolute Gasteiger partial charge is 0.122 e. The highest BCUT2D eigenvalue weighted by Gasteiger charge is 2.09. The fourth-order valence-corrected chi connectivity index (χ4v) is 2.84. The third-order valence-electron chi connectivity index (χ3n) is 2.85. The zero-order valence-corrected chi connectivity index (χ0v) is 11.8. The zero-order chi connectivity index (χ0) is 13.0. The van der Waals surface area contributed by atoms with Crippen molar-refractivity contribution in [2.45, 2.75) is 20.0 Å². The molecule has 0 fully saturated rings. The van der Waals surface area contributed by atoms with Gasteiger partial charge in [-0.2, -0.15) is 0 Å². The second-order valence-corrected chi connectivity index (χ2v) is 5.80. The van der Waals surface area contributed by atoms with Crippen LogP contribution >= 0.6 is 11.3 Å². The second kappa shape index (κ2) is 5.98. The molecule has 2 aromatic heterocycles. The van der Waals surface area contributed by atoms with Gasteiger partial charge in [-0.3, -0.25) is 4.90 Å². The molecule has 0 saturated heterocycles. The minimum atomic E-state index is 0.854. The SMILES string of the molecule is C=CCN(Cc1ccc(C)s1)Cc1nccn1C. The molecule has 0 aliphatic heterocycles. The third kappa shape index (κ3) is 3.31. The number of hydrogen-bond acceptors (Lipinski definition) is 3. The van der Waals surface area contributed by atoms with E-state index in [-0.39, 0.29) is 0 Å².